The van der Waals surface area contributed by atoms with Gasteiger partial charge >= 0.3 is 0 Å². The first-order valence-electron chi connectivity index (χ1n) is 11.9. The van der Waals surface area contributed by atoms with Crippen molar-refractivity contribution in [2.45, 2.75) is 33.2 Å². The molecule has 3 aromatic heterocycles. The Kier molecular flexibility index (Phi) is 5.17. The number of nitrogens with zero attached hydrogens (tertiary/aromatic N) is 6. The predicted molar refractivity (Wildman–Crippen MR) is 139 cm³/mol. The largest absolute Gasteiger partial charge is 0.363 e. The van der Waals surface area contributed by atoms with Crippen molar-refractivity contribution in [3.05, 3.63) is 90.1 Å². The van der Waals surface area contributed by atoms with Gasteiger partial charge in [-0.1, -0.05) is 62.4 Å². The minimum atomic E-state index is 0.405. The van der Waals surface area contributed by atoms with Crippen molar-refractivity contribution < 1.29 is 0 Å². The first kappa shape index (κ1) is 21.3. The lowest BCUT2D eigenvalue weighted by Gasteiger charge is -2.18. The van der Waals surface area contributed by atoms with Crippen LogP contribution in [0.3, 0.4) is 0 Å². The van der Waals surface area contributed by atoms with E-state index >= 15 is 0 Å². The highest BCUT2D eigenvalue weighted by Crippen LogP contribution is 2.34. The third-order valence-corrected chi connectivity index (χ3v) is 6.45. The Bertz CT molecular complexity index is 1520. The molecule has 2 aromatic carbocycles. The second-order valence-corrected chi connectivity index (χ2v) is 9.29. The molecule has 4 heterocycles. The van der Waals surface area contributed by atoms with Gasteiger partial charge in [0.2, 0.25) is 0 Å². The van der Waals surface area contributed by atoms with E-state index < -0.39 is 0 Å². The zero-order valence-electron chi connectivity index (χ0n) is 20.1. The molecule has 1 N–H and O–H groups in total. The summed E-state index contributed by atoms with van der Waals surface area (Å²) in [5, 5.41) is 3.43. The summed E-state index contributed by atoms with van der Waals surface area (Å²) in [5.41, 5.74) is 8.32. The number of anilines is 2. The Balaban J connectivity index is 1.28. The van der Waals surface area contributed by atoms with Gasteiger partial charge in [0, 0.05) is 36.3 Å². The van der Waals surface area contributed by atoms with E-state index in [-0.39, 0.29) is 0 Å². The lowest BCUT2D eigenvalue weighted by molar-refractivity contribution is 0.852. The van der Waals surface area contributed by atoms with E-state index in [1.165, 1.54) is 11.1 Å². The molecule has 7 heteroatoms. The summed E-state index contributed by atoms with van der Waals surface area (Å²) in [4.78, 5) is 21.1. The maximum atomic E-state index is 4.98. The van der Waals surface area contributed by atoms with Crippen LogP contribution in [-0.2, 0) is 6.54 Å². The molecule has 0 saturated carbocycles. The van der Waals surface area contributed by atoms with Crippen LogP contribution in [0.2, 0.25) is 0 Å². The van der Waals surface area contributed by atoms with Crippen molar-refractivity contribution in [3.8, 4) is 22.6 Å². The van der Waals surface area contributed by atoms with Crippen LogP contribution < -0.4 is 10.2 Å². The molecule has 0 radical (unpaired) electrons. The first-order valence-corrected chi connectivity index (χ1v) is 11.9. The lowest BCUT2D eigenvalue weighted by atomic mass is 9.97. The summed E-state index contributed by atoms with van der Waals surface area (Å²) >= 11 is 0. The van der Waals surface area contributed by atoms with Gasteiger partial charge in [-0.2, -0.15) is 0 Å². The van der Waals surface area contributed by atoms with Crippen LogP contribution >= 0.6 is 0 Å². The quantitative estimate of drug-likeness (QED) is 0.363. The van der Waals surface area contributed by atoms with Gasteiger partial charge in [-0.05, 0) is 24.0 Å². The van der Waals surface area contributed by atoms with Crippen LogP contribution in [0.5, 0.6) is 0 Å². The number of imidazole rings is 1. The number of aromatic nitrogens is 5. The average Bonchev–Trinajstić information content (AvgIpc) is 3.50. The molecule has 0 amide bonds. The van der Waals surface area contributed by atoms with E-state index in [1.54, 1.807) is 0 Å². The zero-order valence-corrected chi connectivity index (χ0v) is 20.1. The fourth-order valence-corrected chi connectivity index (χ4v) is 4.70. The third kappa shape index (κ3) is 3.89. The molecule has 0 fully saturated rings. The van der Waals surface area contributed by atoms with Crippen molar-refractivity contribution >= 4 is 17.2 Å². The van der Waals surface area contributed by atoms with Crippen LogP contribution in [0.1, 0.15) is 36.6 Å². The van der Waals surface area contributed by atoms with E-state index in [0.29, 0.717) is 12.6 Å². The molecule has 0 atom stereocenters. The first-order chi connectivity index (χ1) is 17.1. The summed E-state index contributed by atoms with van der Waals surface area (Å²) in [6.07, 6.45) is 7.65. The molecule has 0 spiro atoms. The van der Waals surface area contributed by atoms with Crippen molar-refractivity contribution in [1.82, 2.24) is 24.3 Å². The molecule has 0 aliphatic carbocycles. The van der Waals surface area contributed by atoms with Crippen molar-refractivity contribution in [2.24, 2.45) is 0 Å². The molecule has 0 bridgehead atoms. The summed E-state index contributed by atoms with van der Waals surface area (Å²) < 4.78 is 2.02. The number of aryl methyl sites for hydroxylation is 1. The van der Waals surface area contributed by atoms with Gasteiger partial charge in [0.25, 0.3) is 0 Å². The zero-order chi connectivity index (χ0) is 23.9. The number of hydrogen-bond donors (Lipinski definition) is 1. The van der Waals surface area contributed by atoms with Crippen LogP contribution in [-0.4, -0.2) is 31.0 Å². The van der Waals surface area contributed by atoms with Crippen LogP contribution in [0.4, 0.5) is 11.5 Å². The molecule has 1 aliphatic rings. The highest BCUT2D eigenvalue weighted by molar-refractivity contribution is 5.75. The Morgan fingerprint density at radius 3 is 2.66 bits per heavy atom. The summed E-state index contributed by atoms with van der Waals surface area (Å²) in [6, 6.07) is 17.0. The van der Waals surface area contributed by atoms with Gasteiger partial charge < -0.3 is 14.6 Å². The van der Waals surface area contributed by atoms with Crippen molar-refractivity contribution in [3.63, 3.8) is 0 Å². The summed E-state index contributed by atoms with van der Waals surface area (Å²) in [5.74, 6) is 2.12. The lowest BCUT2D eigenvalue weighted by Crippen LogP contribution is -2.22. The van der Waals surface area contributed by atoms with Crippen molar-refractivity contribution in [1.29, 1.82) is 0 Å². The van der Waals surface area contributed by atoms with Crippen LogP contribution in [0.25, 0.3) is 28.3 Å². The molecule has 1 aliphatic heterocycles. The second-order valence-electron chi connectivity index (χ2n) is 9.29. The van der Waals surface area contributed by atoms with Gasteiger partial charge in [0.05, 0.1) is 24.2 Å². The van der Waals surface area contributed by atoms with Gasteiger partial charge in [-0.3, -0.25) is 0 Å². The van der Waals surface area contributed by atoms with Crippen LogP contribution in [0.15, 0.2) is 73.3 Å². The Morgan fingerprint density at radius 1 is 1.00 bits per heavy atom. The maximum absolute atomic E-state index is 4.98. The molecule has 174 valence electrons. The normalized spacial score (nSPS) is 12.9. The number of rotatable bonds is 5. The fourth-order valence-electron chi connectivity index (χ4n) is 4.70. The van der Waals surface area contributed by atoms with Gasteiger partial charge in [-0.25, -0.2) is 19.9 Å². The minimum absolute atomic E-state index is 0.405. The summed E-state index contributed by atoms with van der Waals surface area (Å²) in [6.45, 7) is 7.86. The molecule has 7 nitrogen and oxygen atoms in total. The predicted octanol–water partition coefficient (Wildman–Crippen LogP) is 5.67. The molecule has 0 unspecified atom stereocenters. The van der Waals surface area contributed by atoms with E-state index in [9.17, 15) is 0 Å². The van der Waals surface area contributed by atoms with E-state index in [4.69, 9.17) is 9.97 Å². The van der Waals surface area contributed by atoms with E-state index in [0.717, 1.165) is 52.0 Å². The number of fused-ring (bicyclic) bond motifs is 2. The highest BCUT2D eigenvalue weighted by Gasteiger charge is 2.23. The molecule has 5 aromatic rings. The standard InChI is InChI=1S/C28H27N7/c1-18(2)22-6-4-5-7-23(22)26-30-14-24-27(33-26)35(17-31-24)16-20-8-10-21(11-9-20)25-28-29-12-13-34(28)15-19(3)32-25/h4-15,18,31H,16-17H2,1-3H3. The monoisotopic (exact) mass is 461 g/mol. The molecular weight excluding hydrogens is 434 g/mol. The summed E-state index contributed by atoms with van der Waals surface area (Å²) in [7, 11) is 0. The third-order valence-electron chi connectivity index (χ3n) is 6.45. The van der Waals surface area contributed by atoms with Gasteiger partial charge in [0.1, 0.15) is 5.69 Å². The van der Waals surface area contributed by atoms with Crippen molar-refractivity contribution in [2.75, 3.05) is 16.9 Å². The highest BCUT2D eigenvalue weighted by atomic mass is 15.3. The molecular formula is C28H27N7. The fraction of sp³-hybridized carbons (Fsp3) is 0.214. The number of benzene rings is 2. The number of nitrogens with one attached hydrogen (secondary N) is 1. The van der Waals surface area contributed by atoms with Gasteiger partial charge in [0.15, 0.2) is 17.3 Å². The second kappa shape index (κ2) is 8.51. The van der Waals surface area contributed by atoms with E-state index in [1.807, 2.05) is 36.1 Å². The number of hydrogen-bond acceptors (Lipinski definition) is 6. The SMILES string of the molecule is Cc1cn2ccnc2c(-c2ccc(CN3CNc4cnc(-c5ccccc5C(C)C)nc43)cc2)n1. The molecule has 0 saturated heterocycles. The van der Waals surface area contributed by atoms with Crippen LogP contribution in [0, 0.1) is 6.92 Å². The average molecular weight is 462 g/mol. The minimum Gasteiger partial charge on any atom is -0.363 e. The smallest absolute Gasteiger partial charge is 0.163 e. The molecule has 6 rings (SSSR count). The topological polar surface area (TPSA) is 71.2 Å². The Labute approximate surface area is 204 Å². The Morgan fingerprint density at radius 2 is 1.83 bits per heavy atom. The maximum Gasteiger partial charge on any atom is 0.163 e. The van der Waals surface area contributed by atoms with E-state index in [2.05, 4.69) is 82.6 Å². The van der Waals surface area contributed by atoms with Gasteiger partial charge in [-0.15, -0.1) is 0 Å². The Hall–Kier alpha value is -4.26. The molecule has 35 heavy (non-hydrogen) atoms.